The number of methoxy groups -OCH3 is 1. The maximum absolute atomic E-state index is 12.2. The fourth-order valence-corrected chi connectivity index (χ4v) is 2.35. The molecule has 0 spiro atoms. The largest absolute Gasteiger partial charge is 0.497 e. The average molecular weight is 391 g/mol. The molecular formula is C21H17N3O5. The molecule has 0 aliphatic heterocycles. The van der Waals surface area contributed by atoms with Gasteiger partial charge in [0.1, 0.15) is 11.5 Å². The van der Waals surface area contributed by atoms with E-state index in [1.807, 2.05) is 0 Å². The van der Waals surface area contributed by atoms with Crippen molar-refractivity contribution in [2.45, 2.75) is 0 Å². The molecule has 0 bridgehead atoms. The van der Waals surface area contributed by atoms with Crippen molar-refractivity contribution < 1.29 is 19.2 Å². The molecule has 0 saturated carbocycles. The van der Waals surface area contributed by atoms with E-state index in [0.717, 1.165) is 5.56 Å². The number of nitro groups is 1. The number of hydrogen-bond acceptors (Lipinski definition) is 7. The SMILES string of the molecule is COc1ccc(C(=O)Oc2ccc(/C=N\Nc3ccc([N+](=O)[O-])cc3)cc2)cc1. The van der Waals surface area contributed by atoms with E-state index < -0.39 is 10.9 Å². The number of nitrogens with one attached hydrogen (secondary N) is 1. The third kappa shape index (κ3) is 5.39. The van der Waals surface area contributed by atoms with Gasteiger partial charge in [0.15, 0.2) is 0 Å². The summed E-state index contributed by atoms with van der Waals surface area (Å²) in [5.74, 6) is 0.604. The Morgan fingerprint density at radius 3 is 2.17 bits per heavy atom. The molecule has 0 radical (unpaired) electrons. The summed E-state index contributed by atoms with van der Waals surface area (Å²) in [7, 11) is 1.56. The van der Waals surface area contributed by atoms with Gasteiger partial charge in [-0.15, -0.1) is 0 Å². The van der Waals surface area contributed by atoms with Gasteiger partial charge in [-0.05, 0) is 66.2 Å². The number of benzene rings is 3. The van der Waals surface area contributed by atoms with Crippen LogP contribution in [-0.2, 0) is 0 Å². The van der Waals surface area contributed by atoms with Gasteiger partial charge in [-0.1, -0.05) is 0 Å². The number of nitrogens with zero attached hydrogens (tertiary/aromatic N) is 2. The number of carbonyl (C=O) groups is 1. The van der Waals surface area contributed by atoms with Crippen molar-refractivity contribution in [3.05, 3.63) is 94.0 Å². The van der Waals surface area contributed by atoms with Crippen LogP contribution >= 0.6 is 0 Å². The van der Waals surface area contributed by atoms with Gasteiger partial charge in [0, 0.05) is 12.1 Å². The molecule has 0 saturated heterocycles. The molecule has 29 heavy (non-hydrogen) atoms. The summed E-state index contributed by atoms with van der Waals surface area (Å²) in [6.45, 7) is 0. The number of carbonyl (C=O) groups excluding carboxylic acids is 1. The van der Waals surface area contributed by atoms with Gasteiger partial charge >= 0.3 is 5.97 Å². The Morgan fingerprint density at radius 2 is 1.59 bits per heavy atom. The summed E-state index contributed by atoms with van der Waals surface area (Å²) in [6.07, 6.45) is 1.58. The van der Waals surface area contributed by atoms with Crippen LogP contribution in [0.5, 0.6) is 11.5 Å². The number of ether oxygens (including phenoxy) is 2. The van der Waals surface area contributed by atoms with E-state index in [1.54, 1.807) is 74.0 Å². The first-order valence-electron chi connectivity index (χ1n) is 8.55. The van der Waals surface area contributed by atoms with Crippen molar-refractivity contribution in [2.24, 2.45) is 5.10 Å². The van der Waals surface area contributed by atoms with E-state index in [1.165, 1.54) is 12.1 Å². The monoisotopic (exact) mass is 391 g/mol. The molecule has 3 aromatic rings. The van der Waals surface area contributed by atoms with Crippen LogP contribution in [0.3, 0.4) is 0 Å². The third-order valence-corrected chi connectivity index (χ3v) is 3.90. The first-order chi connectivity index (χ1) is 14.0. The Kier molecular flexibility index (Phi) is 6.16. The van der Waals surface area contributed by atoms with Gasteiger partial charge in [0.25, 0.3) is 5.69 Å². The second-order valence-corrected chi connectivity index (χ2v) is 5.86. The predicted molar refractivity (Wildman–Crippen MR) is 109 cm³/mol. The van der Waals surface area contributed by atoms with E-state index in [9.17, 15) is 14.9 Å². The molecular weight excluding hydrogens is 374 g/mol. The maximum Gasteiger partial charge on any atom is 0.343 e. The Labute approximate surface area is 166 Å². The Balaban J connectivity index is 1.55. The number of nitro benzene ring substituents is 1. The van der Waals surface area contributed by atoms with E-state index in [-0.39, 0.29) is 5.69 Å². The van der Waals surface area contributed by atoms with Gasteiger partial charge in [0.05, 0.1) is 29.5 Å². The van der Waals surface area contributed by atoms with Crippen LogP contribution in [0.25, 0.3) is 0 Å². The average Bonchev–Trinajstić information content (AvgIpc) is 2.75. The number of esters is 1. The van der Waals surface area contributed by atoms with Gasteiger partial charge in [-0.3, -0.25) is 15.5 Å². The Hall–Kier alpha value is -4.20. The standard InChI is InChI=1S/C21H17N3O5/c1-28-19-12-4-16(5-13-19)21(25)29-20-10-2-15(3-11-20)14-22-23-17-6-8-18(9-7-17)24(26)27/h2-14,23H,1H3/b22-14-. The quantitative estimate of drug-likeness (QED) is 0.212. The second kappa shape index (κ2) is 9.14. The molecule has 0 atom stereocenters. The highest BCUT2D eigenvalue weighted by atomic mass is 16.6. The van der Waals surface area contributed by atoms with E-state index in [0.29, 0.717) is 22.7 Å². The van der Waals surface area contributed by atoms with Crippen LogP contribution in [0, 0.1) is 10.1 Å². The maximum atomic E-state index is 12.2. The minimum atomic E-state index is -0.464. The van der Waals surface area contributed by atoms with Crippen LogP contribution in [-0.4, -0.2) is 24.2 Å². The molecule has 0 amide bonds. The van der Waals surface area contributed by atoms with Crippen molar-refractivity contribution in [3.8, 4) is 11.5 Å². The first-order valence-corrected chi connectivity index (χ1v) is 8.55. The molecule has 0 aliphatic carbocycles. The Bertz CT molecular complexity index is 1010. The molecule has 3 rings (SSSR count). The zero-order chi connectivity index (χ0) is 20.6. The first kappa shape index (κ1) is 19.6. The predicted octanol–water partition coefficient (Wildman–Crippen LogP) is 4.27. The van der Waals surface area contributed by atoms with Crippen LogP contribution in [0.2, 0.25) is 0 Å². The normalized spacial score (nSPS) is 10.5. The molecule has 0 unspecified atom stereocenters. The number of hydrogen-bond donors (Lipinski definition) is 1. The fourth-order valence-electron chi connectivity index (χ4n) is 2.35. The number of rotatable bonds is 7. The summed E-state index contributed by atoms with van der Waals surface area (Å²) in [4.78, 5) is 22.3. The molecule has 1 N–H and O–H groups in total. The number of non-ortho nitro benzene ring substituents is 1. The lowest BCUT2D eigenvalue weighted by Gasteiger charge is -2.05. The topological polar surface area (TPSA) is 103 Å². The second-order valence-electron chi connectivity index (χ2n) is 5.86. The summed E-state index contributed by atoms with van der Waals surface area (Å²) in [5.41, 5.74) is 4.62. The molecule has 0 aromatic heterocycles. The fraction of sp³-hybridized carbons (Fsp3) is 0.0476. The smallest absolute Gasteiger partial charge is 0.343 e. The van der Waals surface area contributed by atoms with Crippen molar-refractivity contribution in [3.63, 3.8) is 0 Å². The van der Waals surface area contributed by atoms with Crippen LogP contribution in [0.15, 0.2) is 77.9 Å². The highest BCUT2D eigenvalue weighted by molar-refractivity contribution is 5.91. The zero-order valence-electron chi connectivity index (χ0n) is 15.4. The molecule has 146 valence electrons. The van der Waals surface area contributed by atoms with Crippen LogP contribution in [0.1, 0.15) is 15.9 Å². The molecule has 0 fully saturated rings. The van der Waals surface area contributed by atoms with Crippen molar-refractivity contribution in [2.75, 3.05) is 12.5 Å². The minimum absolute atomic E-state index is 0.0132. The molecule has 8 nitrogen and oxygen atoms in total. The molecule has 3 aromatic carbocycles. The highest BCUT2D eigenvalue weighted by Crippen LogP contribution is 2.17. The lowest BCUT2D eigenvalue weighted by molar-refractivity contribution is -0.384. The number of anilines is 1. The molecule has 0 heterocycles. The van der Waals surface area contributed by atoms with E-state index in [4.69, 9.17) is 9.47 Å². The van der Waals surface area contributed by atoms with Crippen LogP contribution < -0.4 is 14.9 Å². The van der Waals surface area contributed by atoms with E-state index >= 15 is 0 Å². The Morgan fingerprint density at radius 1 is 0.966 bits per heavy atom. The summed E-state index contributed by atoms with van der Waals surface area (Å²) >= 11 is 0. The summed E-state index contributed by atoms with van der Waals surface area (Å²) in [5, 5.41) is 14.7. The van der Waals surface area contributed by atoms with E-state index in [2.05, 4.69) is 10.5 Å². The van der Waals surface area contributed by atoms with Crippen molar-refractivity contribution >= 4 is 23.6 Å². The van der Waals surface area contributed by atoms with Crippen LogP contribution in [0.4, 0.5) is 11.4 Å². The van der Waals surface area contributed by atoms with Crippen molar-refractivity contribution in [1.29, 1.82) is 0 Å². The van der Waals surface area contributed by atoms with Gasteiger partial charge in [-0.2, -0.15) is 5.10 Å². The third-order valence-electron chi connectivity index (χ3n) is 3.90. The minimum Gasteiger partial charge on any atom is -0.497 e. The molecule has 8 heteroatoms. The number of hydrazone groups is 1. The molecule has 0 aliphatic rings. The van der Waals surface area contributed by atoms with Gasteiger partial charge < -0.3 is 9.47 Å². The zero-order valence-corrected chi connectivity index (χ0v) is 15.4. The lowest BCUT2D eigenvalue weighted by Crippen LogP contribution is -2.08. The van der Waals surface area contributed by atoms with Gasteiger partial charge in [-0.25, -0.2) is 4.79 Å². The summed E-state index contributed by atoms with van der Waals surface area (Å²) in [6, 6.07) is 19.4. The summed E-state index contributed by atoms with van der Waals surface area (Å²) < 4.78 is 10.4. The lowest BCUT2D eigenvalue weighted by atomic mass is 10.2. The van der Waals surface area contributed by atoms with Crippen molar-refractivity contribution in [1.82, 2.24) is 0 Å². The van der Waals surface area contributed by atoms with Gasteiger partial charge in [0.2, 0.25) is 0 Å². The highest BCUT2D eigenvalue weighted by Gasteiger charge is 2.08.